The number of aliphatic hydroxyl groups is 2. The number of halogens is 1. The summed E-state index contributed by atoms with van der Waals surface area (Å²) in [5.74, 6) is -12.0. The van der Waals surface area contributed by atoms with Crippen LogP contribution in [0.4, 0.5) is 10.1 Å². The van der Waals surface area contributed by atoms with Gasteiger partial charge in [-0.15, -0.1) is 0 Å². The molecule has 5 bridgehead atoms. The third kappa shape index (κ3) is 9.70. The van der Waals surface area contributed by atoms with Crippen LogP contribution < -0.4 is 36.2 Å². The number of benzene rings is 2. The molecule has 7 atom stereocenters. The summed E-state index contributed by atoms with van der Waals surface area (Å²) in [6.07, 6.45) is 4.52. The first-order chi connectivity index (χ1) is 36.9. The van der Waals surface area contributed by atoms with Crippen molar-refractivity contribution in [1.29, 1.82) is 0 Å². The lowest BCUT2D eigenvalue weighted by atomic mass is 9.81. The number of phenolic OH excluding ortho intramolecular Hbond substituents is 1. The van der Waals surface area contributed by atoms with E-state index in [4.69, 9.17) is 24.7 Å². The van der Waals surface area contributed by atoms with Gasteiger partial charge in [-0.2, -0.15) is 0 Å². The number of aromatic hydroxyl groups is 1. The molecule has 3 aromatic rings. The lowest BCUT2D eigenvalue weighted by Crippen LogP contribution is -2.63. The predicted molar refractivity (Wildman–Crippen MR) is 276 cm³/mol. The Bertz CT molecular complexity index is 3240. The predicted octanol–water partition coefficient (Wildman–Crippen LogP) is 3.09. The van der Waals surface area contributed by atoms with Gasteiger partial charge < -0.3 is 70.1 Å². The van der Waals surface area contributed by atoms with Crippen LogP contribution >= 0.6 is 0 Å². The molecule has 1 saturated carbocycles. The summed E-state index contributed by atoms with van der Waals surface area (Å²) in [6, 6.07) is -0.804. The van der Waals surface area contributed by atoms with Gasteiger partial charge in [-0.25, -0.2) is 9.18 Å². The Balaban J connectivity index is 0.983. The molecule has 22 nitrogen and oxygen atoms in total. The molecule has 23 heteroatoms. The molecule has 2 aliphatic carbocycles. The number of Topliss-reactive ketones (excluding diaryl/α,β-unsaturated/α-hetero) is 3. The van der Waals surface area contributed by atoms with Gasteiger partial charge in [-0.05, 0) is 52.0 Å². The third-order valence-corrected chi connectivity index (χ3v) is 15.8. The van der Waals surface area contributed by atoms with Crippen molar-refractivity contribution in [3.8, 4) is 17.2 Å². The molecule has 2 saturated heterocycles. The molecule has 78 heavy (non-hydrogen) atoms. The number of nitrogens with two attached hydrogens (primary N) is 1. The number of aromatic nitrogens is 1. The summed E-state index contributed by atoms with van der Waals surface area (Å²) in [4.78, 5) is 113. The Hall–Kier alpha value is -7.47. The van der Waals surface area contributed by atoms with Crippen LogP contribution in [0, 0.1) is 30.5 Å². The van der Waals surface area contributed by atoms with Gasteiger partial charge in [0, 0.05) is 75.2 Å². The Labute approximate surface area is 446 Å². The molecule has 416 valence electrons. The Morgan fingerprint density at radius 3 is 2.28 bits per heavy atom. The maximum atomic E-state index is 16.0. The number of likely N-dealkylation sites (tertiary alicyclic amines) is 1. The number of hydrogen-bond donors (Lipinski definition) is 7. The molecular weight excluding hydrogens is 1020 g/mol. The van der Waals surface area contributed by atoms with Crippen molar-refractivity contribution >= 4 is 57.7 Å². The lowest BCUT2D eigenvalue weighted by Gasteiger charge is -2.45. The summed E-state index contributed by atoms with van der Waals surface area (Å²) in [5.41, 5.74) is 3.05. The van der Waals surface area contributed by atoms with Crippen molar-refractivity contribution in [1.82, 2.24) is 20.1 Å². The number of fused-ring (bicyclic) bond motifs is 16. The number of carbonyl (C=O) groups is 7. The minimum Gasteiger partial charge on any atom is -0.507 e. The highest BCUT2D eigenvalue weighted by atomic mass is 19.1. The zero-order chi connectivity index (χ0) is 56.6. The molecule has 6 heterocycles. The molecule has 3 fully saturated rings. The van der Waals surface area contributed by atoms with E-state index in [9.17, 15) is 54.0 Å². The van der Waals surface area contributed by atoms with Crippen LogP contribution in [0.2, 0.25) is 0 Å². The van der Waals surface area contributed by atoms with Crippen LogP contribution in [0.15, 0.2) is 52.3 Å². The number of carboxylic acids is 1. The Morgan fingerprint density at radius 1 is 0.949 bits per heavy atom. The smallest absolute Gasteiger partial charge is 0.341 e. The number of ether oxygens (including phenoxy) is 4. The Kier molecular flexibility index (Phi) is 14.9. The van der Waals surface area contributed by atoms with E-state index in [2.05, 4.69) is 10.6 Å². The number of aromatic carboxylic acids is 1. The number of aliphatic hydroxyl groups excluding tert-OH is 2. The minimum absolute atomic E-state index is 0.0227. The first-order valence-corrected chi connectivity index (χ1v) is 25.9. The van der Waals surface area contributed by atoms with Crippen LogP contribution in [-0.4, -0.2) is 147 Å². The molecule has 2 aromatic carbocycles. The fourth-order valence-corrected chi connectivity index (χ4v) is 11.0. The topological polar surface area (TPSA) is 316 Å². The van der Waals surface area contributed by atoms with E-state index in [-0.39, 0.29) is 102 Å². The zero-order valence-corrected chi connectivity index (χ0v) is 44.1. The van der Waals surface area contributed by atoms with Crippen LogP contribution in [0.5, 0.6) is 17.2 Å². The number of methoxy groups -OCH3 is 1. The van der Waals surface area contributed by atoms with Gasteiger partial charge >= 0.3 is 11.9 Å². The van der Waals surface area contributed by atoms with E-state index >= 15 is 9.18 Å². The van der Waals surface area contributed by atoms with Crippen molar-refractivity contribution in [3.63, 3.8) is 0 Å². The molecule has 0 spiro atoms. The summed E-state index contributed by atoms with van der Waals surface area (Å²) < 4.78 is 41.1. The fraction of sp³-hybridized carbons (Fsp3) is 0.491. The Morgan fingerprint density at radius 2 is 1.64 bits per heavy atom. The molecule has 5 aliphatic heterocycles. The van der Waals surface area contributed by atoms with Gasteiger partial charge in [0.2, 0.25) is 28.7 Å². The number of allylic oxidation sites excluding steroid dienone is 4. The summed E-state index contributed by atoms with van der Waals surface area (Å²) in [5, 5.41) is 49.3. The van der Waals surface area contributed by atoms with E-state index in [1.807, 2.05) is 0 Å². The first kappa shape index (κ1) is 55.3. The lowest BCUT2D eigenvalue weighted by molar-refractivity contribution is -0.153. The second-order valence-electron chi connectivity index (χ2n) is 21.3. The number of carboxylic acid groups (broad SMARTS) is 1. The monoisotopic (exact) mass is 1080 g/mol. The first-order valence-electron chi connectivity index (χ1n) is 25.9. The van der Waals surface area contributed by atoms with Crippen molar-refractivity contribution in [2.24, 2.45) is 23.5 Å². The maximum Gasteiger partial charge on any atom is 0.341 e. The number of nitrogens with one attached hydrogen (secondary N) is 2. The maximum absolute atomic E-state index is 16.0. The third-order valence-electron chi connectivity index (χ3n) is 15.8. The minimum atomic E-state index is -2.05. The number of carbonyl (C=O) groups excluding carboxylic acids is 6. The average Bonchev–Trinajstić information content (AvgIpc) is 4.35. The number of esters is 1. The van der Waals surface area contributed by atoms with Gasteiger partial charge in [0.1, 0.15) is 40.2 Å². The molecule has 8 N–H and O–H groups in total. The molecule has 7 aliphatic rings. The number of pyridine rings is 1. The van der Waals surface area contributed by atoms with Crippen LogP contribution in [0.25, 0.3) is 10.9 Å². The largest absolute Gasteiger partial charge is 0.507 e. The number of hydrogen-bond acceptors (Lipinski definition) is 18. The van der Waals surface area contributed by atoms with Crippen LogP contribution in [0.1, 0.15) is 120 Å². The van der Waals surface area contributed by atoms with Crippen molar-refractivity contribution in [2.45, 2.75) is 116 Å². The van der Waals surface area contributed by atoms with Gasteiger partial charge in [0.15, 0.2) is 11.6 Å². The standard InChI is InChI=1S/C55H63FN6O16/c1-23-11-10-12-24(2)52(71)59-39-42(60-18-28(19-60)53(72)58-29-20-61(21-29)41-33(56)17-31-40(50(41)75-7)62(30-14-15-30)22-32(46(31)67)54(73)74)48(69)35-36(47(39)68)44(65)26(4)49-37(35)51(70)55(6,78-49)76-16-9-8-13-34(77-27(5)63)25(3)45(66)38(57)43(23)64/h10-12,17,22-23,25,28-30,34,38,43,45,64-66H,8-9,13-16,18-21,57H2,1-7H3,(H,58,72)(H,59,71)(H,73,74)/b11-10-,24-12-/t23-,25-,34+,38+,43-,45-,55-/m0/s1. The zero-order valence-electron chi connectivity index (χ0n) is 44.1. The molecule has 0 radical (unpaired) electrons. The number of phenols is 1. The second-order valence-corrected chi connectivity index (χ2v) is 21.3. The van der Waals surface area contributed by atoms with Gasteiger partial charge in [0.05, 0.1) is 71.5 Å². The van der Waals surface area contributed by atoms with Crippen molar-refractivity contribution in [2.75, 3.05) is 44.8 Å². The molecule has 2 amide bonds. The molecule has 1 aromatic heterocycles. The summed E-state index contributed by atoms with van der Waals surface area (Å²) in [7, 11) is 1.32. The van der Waals surface area contributed by atoms with Crippen molar-refractivity contribution < 1.29 is 77.3 Å². The van der Waals surface area contributed by atoms with E-state index < -0.39 is 134 Å². The SMILES string of the molecule is COc1c(N2CC(NC(=O)C3CN(C4=C5NC(=O)/C(C)=C\C=C/[C@H](C)[C@H](O)[C@@H](N)[C@@H](O)[C@@H](C)[C@H](OC(C)=O)CCCCO[C@@]6(C)Oc7c(C)c(O)c(c(c7C6=O)C4=O)C5=O)C3)C2)c(F)cc2c(=O)c(C(=O)O)cn(C3CC3)c12. The van der Waals surface area contributed by atoms with E-state index in [0.717, 1.165) is 18.9 Å². The average molecular weight is 1080 g/mol. The summed E-state index contributed by atoms with van der Waals surface area (Å²) in [6.45, 7) is 8.51. The second kappa shape index (κ2) is 21.1. The fourth-order valence-electron chi connectivity index (χ4n) is 11.0. The normalized spacial score (nSPS) is 27.6. The number of ketones is 3. The molecule has 0 unspecified atom stereocenters. The summed E-state index contributed by atoms with van der Waals surface area (Å²) >= 11 is 0. The number of anilines is 1. The van der Waals surface area contributed by atoms with E-state index in [1.54, 1.807) is 29.4 Å². The number of rotatable bonds is 8. The highest BCUT2D eigenvalue weighted by Crippen LogP contribution is 2.50. The van der Waals surface area contributed by atoms with E-state index in [1.165, 1.54) is 58.1 Å². The van der Waals surface area contributed by atoms with Crippen molar-refractivity contribution in [3.05, 3.63) is 91.3 Å². The quantitative estimate of drug-likeness (QED) is 0.159. The van der Waals surface area contributed by atoms with Gasteiger partial charge in [-0.3, -0.25) is 33.6 Å². The van der Waals surface area contributed by atoms with E-state index in [0.29, 0.717) is 6.42 Å². The van der Waals surface area contributed by atoms with Crippen LogP contribution in [-0.2, 0) is 23.9 Å². The highest BCUT2D eigenvalue weighted by molar-refractivity contribution is 6.32. The highest BCUT2D eigenvalue weighted by Gasteiger charge is 2.54. The molecular formula is C55H63FN6O16. The molecule has 10 rings (SSSR count). The van der Waals surface area contributed by atoms with Gasteiger partial charge in [-0.1, -0.05) is 32.1 Å². The number of amides is 2. The van der Waals surface area contributed by atoms with Crippen LogP contribution in [0.3, 0.4) is 0 Å². The van der Waals surface area contributed by atoms with Gasteiger partial charge in [0.25, 0.3) is 11.7 Å². The number of nitrogens with zero attached hydrogens (tertiary/aromatic N) is 3.